The Bertz CT molecular complexity index is 252. The van der Waals surface area contributed by atoms with Gasteiger partial charge in [0.05, 0.1) is 16.1 Å². The van der Waals surface area contributed by atoms with E-state index in [9.17, 15) is 4.79 Å². The van der Waals surface area contributed by atoms with E-state index in [1.54, 1.807) is 0 Å². The molecule has 0 saturated heterocycles. The molecule has 19 heavy (non-hydrogen) atoms. The summed E-state index contributed by atoms with van der Waals surface area (Å²) in [6, 6.07) is 0. The minimum Gasteiger partial charge on any atom is -0.480 e. The summed E-state index contributed by atoms with van der Waals surface area (Å²) in [5, 5.41) is 5.59. The van der Waals surface area contributed by atoms with E-state index in [4.69, 9.17) is 63.1 Å². The van der Waals surface area contributed by atoms with Crippen LogP contribution in [0.2, 0.25) is 0 Å². The maximum absolute atomic E-state index is 10.7. The molecular formula is C12H19Cl5O2. The fourth-order valence-electron chi connectivity index (χ4n) is 1.62. The van der Waals surface area contributed by atoms with Crippen molar-refractivity contribution in [3.63, 3.8) is 0 Å². The second-order valence-corrected chi connectivity index (χ2v) is 6.81. The zero-order valence-electron chi connectivity index (χ0n) is 10.5. The maximum Gasteiger partial charge on any atom is 0.323 e. The molecule has 0 rings (SSSR count). The molecule has 0 heterocycles. The Morgan fingerprint density at radius 3 is 1.95 bits per heavy atom. The van der Waals surface area contributed by atoms with Crippen LogP contribution in [0.1, 0.15) is 38.5 Å². The predicted octanol–water partition coefficient (Wildman–Crippen LogP) is 5.08. The van der Waals surface area contributed by atoms with Crippen LogP contribution in [0.3, 0.4) is 0 Å². The highest BCUT2D eigenvalue weighted by Crippen LogP contribution is 2.27. The molecule has 7 heteroatoms. The number of carboxylic acids is 1. The summed E-state index contributed by atoms with van der Waals surface area (Å²) in [5.41, 5.74) is 0. The van der Waals surface area contributed by atoms with Crippen LogP contribution in [0.15, 0.2) is 0 Å². The third-order valence-corrected chi connectivity index (χ3v) is 5.48. The summed E-state index contributed by atoms with van der Waals surface area (Å²) in [7, 11) is 0. The molecule has 0 saturated carbocycles. The van der Waals surface area contributed by atoms with E-state index in [2.05, 4.69) is 0 Å². The molecule has 0 spiro atoms. The van der Waals surface area contributed by atoms with Gasteiger partial charge >= 0.3 is 5.97 Å². The lowest BCUT2D eigenvalue weighted by molar-refractivity contribution is -0.136. The second-order valence-electron chi connectivity index (χ2n) is 4.39. The summed E-state index contributed by atoms with van der Waals surface area (Å²) in [5.74, 6) is -0.487. The average Bonchev–Trinajstić information content (AvgIpc) is 2.39. The molecule has 4 unspecified atom stereocenters. The van der Waals surface area contributed by atoms with Crippen molar-refractivity contribution < 1.29 is 9.90 Å². The third kappa shape index (κ3) is 8.72. The summed E-state index contributed by atoms with van der Waals surface area (Å²) in [6.45, 7) is 0. The fourth-order valence-corrected chi connectivity index (χ4v) is 2.98. The number of carboxylic acid groups (broad SMARTS) is 1. The first-order valence-electron chi connectivity index (χ1n) is 6.26. The number of halogens is 5. The van der Waals surface area contributed by atoms with Crippen LogP contribution >= 0.6 is 58.0 Å². The molecule has 0 aliphatic carbocycles. The monoisotopic (exact) mass is 370 g/mol. The van der Waals surface area contributed by atoms with Gasteiger partial charge in [-0.2, -0.15) is 0 Å². The Labute approximate surface area is 139 Å². The van der Waals surface area contributed by atoms with Gasteiger partial charge in [-0.3, -0.25) is 4.79 Å². The van der Waals surface area contributed by atoms with Gasteiger partial charge in [-0.05, 0) is 12.8 Å². The van der Waals surface area contributed by atoms with Crippen molar-refractivity contribution in [3.8, 4) is 0 Å². The van der Waals surface area contributed by atoms with Crippen LogP contribution in [0.5, 0.6) is 0 Å². The normalized spacial score (nSPS) is 17.7. The topological polar surface area (TPSA) is 37.3 Å². The lowest BCUT2D eigenvalue weighted by atomic mass is 10.1. The van der Waals surface area contributed by atoms with E-state index in [0.717, 1.165) is 32.1 Å². The zero-order valence-corrected chi connectivity index (χ0v) is 14.3. The predicted molar refractivity (Wildman–Crippen MR) is 84.6 cm³/mol. The van der Waals surface area contributed by atoms with Crippen molar-refractivity contribution in [2.45, 2.75) is 60.0 Å². The molecule has 0 aromatic rings. The number of unbranched alkanes of at least 4 members (excludes halogenated alkanes) is 4. The van der Waals surface area contributed by atoms with Crippen LogP contribution in [0.4, 0.5) is 0 Å². The van der Waals surface area contributed by atoms with Crippen LogP contribution in [0, 0.1) is 0 Å². The van der Waals surface area contributed by atoms with Gasteiger partial charge in [0.25, 0.3) is 0 Å². The molecule has 0 fully saturated rings. The number of hydrogen-bond acceptors (Lipinski definition) is 1. The molecule has 0 aromatic heterocycles. The Morgan fingerprint density at radius 2 is 1.42 bits per heavy atom. The van der Waals surface area contributed by atoms with Crippen molar-refractivity contribution in [2.75, 3.05) is 5.88 Å². The molecular weight excluding hydrogens is 353 g/mol. The number of aliphatic carboxylic acids is 1. The molecule has 0 aliphatic heterocycles. The highest BCUT2D eigenvalue weighted by atomic mass is 35.5. The van der Waals surface area contributed by atoms with Crippen molar-refractivity contribution >= 4 is 64.0 Å². The smallest absolute Gasteiger partial charge is 0.323 e. The fraction of sp³-hybridized carbons (Fsp3) is 0.917. The summed E-state index contributed by atoms with van der Waals surface area (Å²) in [4.78, 5) is 10.7. The number of rotatable bonds is 11. The molecule has 0 aliphatic rings. The van der Waals surface area contributed by atoms with Gasteiger partial charge < -0.3 is 5.11 Å². The number of hydrogen-bond donors (Lipinski definition) is 1. The highest BCUT2D eigenvalue weighted by Gasteiger charge is 2.34. The standard InChI is InChI=1S/C12H19Cl5O2/c13-7-5-3-1-2-4-6-8(14)9(15)10(16)11(17)12(18)19/h8-11H,1-7H2,(H,18,19). The minimum absolute atomic E-state index is 0.377. The maximum atomic E-state index is 10.7. The molecule has 0 amide bonds. The molecule has 0 radical (unpaired) electrons. The van der Waals surface area contributed by atoms with Crippen LogP contribution in [-0.2, 0) is 4.79 Å². The molecule has 4 atom stereocenters. The summed E-state index contributed by atoms with van der Waals surface area (Å²) >= 11 is 29.3. The van der Waals surface area contributed by atoms with Crippen LogP contribution in [0.25, 0.3) is 0 Å². The van der Waals surface area contributed by atoms with Gasteiger partial charge in [-0.15, -0.1) is 58.0 Å². The van der Waals surface area contributed by atoms with Gasteiger partial charge in [0.15, 0.2) is 0 Å². The molecule has 114 valence electrons. The van der Waals surface area contributed by atoms with Gasteiger partial charge in [0, 0.05) is 5.88 Å². The van der Waals surface area contributed by atoms with E-state index in [1.807, 2.05) is 0 Å². The van der Waals surface area contributed by atoms with Gasteiger partial charge in [-0.25, -0.2) is 0 Å². The van der Waals surface area contributed by atoms with Crippen molar-refractivity contribution in [3.05, 3.63) is 0 Å². The lowest BCUT2D eigenvalue weighted by Gasteiger charge is -2.22. The molecule has 0 aromatic carbocycles. The third-order valence-electron chi connectivity index (χ3n) is 2.78. The molecule has 2 nitrogen and oxygen atoms in total. The quantitative estimate of drug-likeness (QED) is 0.406. The minimum atomic E-state index is -1.23. The molecule has 1 N–H and O–H groups in total. The number of carbonyl (C=O) groups is 1. The first kappa shape index (κ1) is 19.9. The van der Waals surface area contributed by atoms with Gasteiger partial charge in [0.1, 0.15) is 5.38 Å². The van der Waals surface area contributed by atoms with E-state index in [1.165, 1.54) is 0 Å². The summed E-state index contributed by atoms with van der Waals surface area (Å²) < 4.78 is 0. The second kappa shape index (κ2) is 11.6. The SMILES string of the molecule is O=C(O)C(Cl)C(Cl)C(Cl)C(Cl)CCCCCCCCl. The van der Waals surface area contributed by atoms with Crippen molar-refractivity contribution in [2.24, 2.45) is 0 Å². The highest BCUT2D eigenvalue weighted by molar-refractivity contribution is 6.41. The average molecular weight is 373 g/mol. The van der Waals surface area contributed by atoms with Crippen molar-refractivity contribution in [1.29, 1.82) is 0 Å². The largest absolute Gasteiger partial charge is 0.480 e. The van der Waals surface area contributed by atoms with E-state index in [0.29, 0.717) is 12.3 Å². The number of alkyl halides is 5. The van der Waals surface area contributed by atoms with E-state index < -0.39 is 22.1 Å². The summed E-state index contributed by atoms with van der Waals surface area (Å²) in [6.07, 6.45) is 5.94. The van der Waals surface area contributed by atoms with E-state index in [-0.39, 0.29) is 5.38 Å². The Balaban J connectivity index is 3.86. The van der Waals surface area contributed by atoms with E-state index >= 15 is 0 Å². The Morgan fingerprint density at radius 1 is 0.895 bits per heavy atom. The zero-order chi connectivity index (χ0) is 14.8. The van der Waals surface area contributed by atoms with Crippen LogP contribution in [-0.4, -0.2) is 38.5 Å². The Hall–Kier alpha value is 0.920. The van der Waals surface area contributed by atoms with Crippen LogP contribution < -0.4 is 0 Å². The van der Waals surface area contributed by atoms with Crippen molar-refractivity contribution in [1.82, 2.24) is 0 Å². The lowest BCUT2D eigenvalue weighted by Crippen LogP contribution is -2.36. The Kier molecular flexibility index (Phi) is 12.1. The molecule has 0 bridgehead atoms. The first-order chi connectivity index (χ1) is 8.91. The first-order valence-corrected chi connectivity index (χ1v) is 8.55. The van der Waals surface area contributed by atoms with Gasteiger partial charge in [-0.1, -0.05) is 25.7 Å². The van der Waals surface area contributed by atoms with Gasteiger partial charge in [0.2, 0.25) is 0 Å².